The number of amides is 3. The lowest BCUT2D eigenvalue weighted by Crippen LogP contribution is -2.41. The maximum Gasteiger partial charge on any atom is 0.417 e. The number of urea groups is 1. The minimum Gasteiger partial charge on any atom is -0.335 e. The van der Waals surface area contributed by atoms with Crippen LogP contribution in [0.15, 0.2) is 23.4 Å². The molecule has 0 aliphatic heterocycles. The molecule has 5 nitrogen and oxygen atoms in total. The summed E-state index contributed by atoms with van der Waals surface area (Å²) < 4.78 is 37.0. The van der Waals surface area contributed by atoms with Gasteiger partial charge in [0.05, 0.1) is 16.3 Å². The van der Waals surface area contributed by atoms with Gasteiger partial charge in [-0.1, -0.05) is 11.8 Å². The maximum absolute atomic E-state index is 12.3. The Kier molecular flexibility index (Phi) is 4.71. The number of alkyl halides is 3. The van der Waals surface area contributed by atoms with Crippen LogP contribution in [0.25, 0.3) is 0 Å². The highest BCUT2D eigenvalue weighted by atomic mass is 32.2. The van der Waals surface area contributed by atoms with Crippen molar-refractivity contribution >= 4 is 23.7 Å². The van der Waals surface area contributed by atoms with Crippen LogP contribution in [0.3, 0.4) is 0 Å². The van der Waals surface area contributed by atoms with Gasteiger partial charge in [0, 0.05) is 12.2 Å². The molecule has 0 spiro atoms. The van der Waals surface area contributed by atoms with Crippen molar-refractivity contribution in [2.24, 2.45) is 0 Å². The number of aromatic nitrogens is 1. The Balaban J connectivity index is 1.76. The van der Waals surface area contributed by atoms with Crippen LogP contribution in [-0.4, -0.2) is 28.7 Å². The normalized spacial score (nSPS) is 14.6. The van der Waals surface area contributed by atoms with E-state index in [1.165, 1.54) is 6.07 Å². The summed E-state index contributed by atoms with van der Waals surface area (Å²) in [5.41, 5.74) is -0.847. The number of carbonyl (C=O) groups excluding carboxylic acids is 2. The fraction of sp³-hybridized carbons (Fsp3) is 0.417. The van der Waals surface area contributed by atoms with Crippen LogP contribution in [0.4, 0.5) is 18.0 Å². The number of rotatable bonds is 4. The number of pyridine rings is 1. The van der Waals surface area contributed by atoms with Gasteiger partial charge in [0.2, 0.25) is 5.91 Å². The van der Waals surface area contributed by atoms with Crippen LogP contribution in [-0.2, 0) is 11.0 Å². The first-order chi connectivity index (χ1) is 9.84. The Morgan fingerprint density at radius 2 is 2.05 bits per heavy atom. The topological polar surface area (TPSA) is 71.1 Å². The van der Waals surface area contributed by atoms with Crippen LogP contribution < -0.4 is 10.6 Å². The second-order valence-electron chi connectivity index (χ2n) is 4.47. The molecule has 2 N–H and O–H groups in total. The van der Waals surface area contributed by atoms with Gasteiger partial charge in [0.15, 0.2) is 0 Å². The van der Waals surface area contributed by atoms with Crippen molar-refractivity contribution in [3.05, 3.63) is 23.9 Å². The lowest BCUT2D eigenvalue weighted by molar-refractivity contribution is -0.137. The van der Waals surface area contributed by atoms with Crippen LogP contribution in [0, 0.1) is 0 Å². The first-order valence-corrected chi connectivity index (χ1v) is 7.09. The zero-order chi connectivity index (χ0) is 15.5. The summed E-state index contributed by atoms with van der Waals surface area (Å²) in [4.78, 5) is 26.3. The fourth-order valence-corrected chi connectivity index (χ4v) is 2.03. The monoisotopic (exact) mass is 319 g/mol. The molecule has 1 aliphatic rings. The number of nitrogens with one attached hydrogen (secondary N) is 2. The van der Waals surface area contributed by atoms with Gasteiger partial charge in [-0.15, -0.1) is 0 Å². The third-order valence-electron chi connectivity index (χ3n) is 2.58. The van der Waals surface area contributed by atoms with Crippen LogP contribution in [0.2, 0.25) is 0 Å². The molecule has 0 radical (unpaired) electrons. The summed E-state index contributed by atoms with van der Waals surface area (Å²) >= 11 is 0.954. The minimum absolute atomic E-state index is 0.101. The van der Waals surface area contributed by atoms with Gasteiger partial charge in [-0.25, -0.2) is 9.78 Å². The van der Waals surface area contributed by atoms with E-state index in [2.05, 4.69) is 15.6 Å². The molecule has 3 amide bonds. The van der Waals surface area contributed by atoms with Crippen molar-refractivity contribution in [2.75, 3.05) is 5.75 Å². The number of nitrogens with zero attached hydrogens (tertiary/aromatic N) is 1. The largest absolute Gasteiger partial charge is 0.417 e. The number of hydrogen-bond acceptors (Lipinski definition) is 4. The zero-order valence-electron chi connectivity index (χ0n) is 10.7. The molecular formula is C12H12F3N3O2S. The highest BCUT2D eigenvalue weighted by Crippen LogP contribution is 2.29. The van der Waals surface area contributed by atoms with Crippen molar-refractivity contribution in [3.63, 3.8) is 0 Å². The number of thioether (sulfide) groups is 1. The summed E-state index contributed by atoms with van der Waals surface area (Å²) in [6.07, 6.45) is -1.91. The van der Waals surface area contributed by atoms with Crippen LogP contribution >= 0.6 is 11.8 Å². The third-order valence-corrected chi connectivity index (χ3v) is 3.52. The molecule has 1 aliphatic carbocycles. The number of halogens is 3. The Bertz CT molecular complexity index is 530. The molecule has 0 atom stereocenters. The molecule has 0 bridgehead atoms. The lowest BCUT2D eigenvalue weighted by atomic mass is 10.3. The van der Waals surface area contributed by atoms with E-state index in [4.69, 9.17) is 0 Å². The van der Waals surface area contributed by atoms with E-state index in [1.54, 1.807) is 0 Å². The summed E-state index contributed by atoms with van der Waals surface area (Å²) in [7, 11) is 0. The fourth-order valence-electron chi connectivity index (χ4n) is 1.38. The molecule has 9 heteroatoms. The Morgan fingerprint density at radius 1 is 1.33 bits per heavy atom. The zero-order valence-corrected chi connectivity index (χ0v) is 11.6. The van der Waals surface area contributed by atoms with Gasteiger partial charge in [0.25, 0.3) is 0 Å². The second-order valence-corrected chi connectivity index (χ2v) is 5.46. The molecular weight excluding hydrogens is 307 g/mol. The maximum atomic E-state index is 12.3. The van der Waals surface area contributed by atoms with Crippen molar-refractivity contribution in [1.29, 1.82) is 0 Å². The van der Waals surface area contributed by atoms with E-state index in [9.17, 15) is 22.8 Å². The summed E-state index contributed by atoms with van der Waals surface area (Å²) in [5.74, 6) is -0.629. The highest BCUT2D eigenvalue weighted by Gasteiger charge is 2.30. The average molecular weight is 319 g/mol. The van der Waals surface area contributed by atoms with Gasteiger partial charge in [-0.05, 0) is 25.0 Å². The number of imide groups is 1. The molecule has 114 valence electrons. The smallest absolute Gasteiger partial charge is 0.335 e. The number of carbonyl (C=O) groups is 2. The SMILES string of the molecule is O=C(CSc1ccc(C(F)(F)F)cn1)NC(=O)NC1CC1. The summed E-state index contributed by atoms with van der Waals surface area (Å²) in [5, 5.41) is 5.00. The van der Waals surface area contributed by atoms with Crippen molar-refractivity contribution in [1.82, 2.24) is 15.6 Å². The van der Waals surface area contributed by atoms with Crippen LogP contribution in [0.1, 0.15) is 18.4 Å². The standard InChI is InChI=1S/C12H12F3N3O2S/c13-12(14,15)7-1-4-10(16-5-7)21-6-9(19)18-11(20)17-8-2-3-8/h1,4-5,8H,2-3,6H2,(H2,17,18,19,20). The van der Waals surface area contributed by atoms with Crippen LogP contribution in [0.5, 0.6) is 0 Å². The van der Waals surface area contributed by atoms with Crippen molar-refractivity contribution in [2.45, 2.75) is 30.1 Å². The Labute approximate surface area is 122 Å². The van der Waals surface area contributed by atoms with Gasteiger partial charge >= 0.3 is 12.2 Å². The Hall–Kier alpha value is -1.77. The van der Waals surface area contributed by atoms with Crippen molar-refractivity contribution < 1.29 is 22.8 Å². The van der Waals surface area contributed by atoms with E-state index in [0.29, 0.717) is 6.20 Å². The Morgan fingerprint density at radius 3 is 2.57 bits per heavy atom. The van der Waals surface area contributed by atoms with E-state index in [-0.39, 0.29) is 16.8 Å². The highest BCUT2D eigenvalue weighted by molar-refractivity contribution is 7.99. The van der Waals surface area contributed by atoms with E-state index < -0.39 is 23.7 Å². The van der Waals surface area contributed by atoms with E-state index in [0.717, 1.165) is 30.7 Å². The third kappa shape index (κ3) is 5.25. The van der Waals surface area contributed by atoms with Gasteiger partial charge < -0.3 is 5.32 Å². The quantitative estimate of drug-likeness (QED) is 0.835. The molecule has 0 unspecified atom stereocenters. The minimum atomic E-state index is -4.44. The van der Waals surface area contributed by atoms with Gasteiger partial charge in [-0.2, -0.15) is 13.2 Å². The second kappa shape index (κ2) is 6.33. The molecule has 1 aromatic heterocycles. The summed E-state index contributed by atoms with van der Waals surface area (Å²) in [6, 6.07) is 1.67. The molecule has 1 heterocycles. The van der Waals surface area contributed by atoms with E-state index >= 15 is 0 Å². The van der Waals surface area contributed by atoms with Crippen molar-refractivity contribution in [3.8, 4) is 0 Å². The number of hydrogen-bond donors (Lipinski definition) is 2. The summed E-state index contributed by atoms with van der Waals surface area (Å²) in [6.45, 7) is 0. The lowest BCUT2D eigenvalue weighted by Gasteiger charge is -2.07. The molecule has 1 fully saturated rings. The van der Waals surface area contributed by atoms with Gasteiger partial charge in [-0.3, -0.25) is 10.1 Å². The molecule has 2 rings (SSSR count). The molecule has 0 saturated heterocycles. The molecule has 1 aromatic rings. The first-order valence-electron chi connectivity index (χ1n) is 6.11. The molecule has 1 saturated carbocycles. The molecule has 21 heavy (non-hydrogen) atoms. The van der Waals surface area contributed by atoms with Gasteiger partial charge in [0.1, 0.15) is 0 Å². The molecule has 0 aromatic carbocycles. The first kappa shape index (κ1) is 15.6. The average Bonchev–Trinajstić information content (AvgIpc) is 3.19. The predicted molar refractivity (Wildman–Crippen MR) is 69.7 cm³/mol. The predicted octanol–water partition coefficient (Wildman–Crippen LogP) is 2.18. The van der Waals surface area contributed by atoms with E-state index in [1.807, 2.05) is 0 Å².